The average molecular weight is 454 g/mol. The van der Waals surface area contributed by atoms with Crippen LogP contribution in [0.2, 0.25) is 0 Å². The topological polar surface area (TPSA) is 79.0 Å². The van der Waals surface area contributed by atoms with Crippen LogP contribution >= 0.6 is 15.9 Å². The summed E-state index contributed by atoms with van der Waals surface area (Å²) in [5, 5.41) is 2.48. The molecule has 0 radical (unpaired) electrons. The van der Waals surface area contributed by atoms with Gasteiger partial charge < -0.3 is 19.9 Å². The first-order valence-corrected chi connectivity index (χ1v) is 10.2. The second-order valence-corrected chi connectivity index (χ2v) is 8.66. The molecule has 1 aromatic rings. The highest BCUT2D eigenvalue weighted by Crippen LogP contribution is 2.14. The van der Waals surface area contributed by atoms with E-state index >= 15 is 0 Å². The van der Waals surface area contributed by atoms with Crippen molar-refractivity contribution < 1.29 is 19.1 Å². The molecule has 0 aliphatic carbocycles. The van der Waals surface area contributed by atoms with Gasteiger partial charge in [-0.25, -0.2) is 4.79 Å². The van der Waals surface area contributed by atoms with Crippen molar-refractivity contribution in [3.05, 3.63) is 34.3 Å². The van der Waals surface area contributed by atoms with Crippen molar-refractivity contribution in [3.63, 3.8) is 0 Å². The Morgan fingerprint density at radius 1 is 1.07 bits per heavy atom. The van der Waals surface area contributed by atoms with Gasteiger partial charge in [-0.2, -0.15) is 0 Å². The summed E-state index contributed by atoms with van der Waals surface area (Å²) in [4.78, 5) is 39.7. The molecular weight excluding hydrogens is 426 g/mol. The van der Waals surface area contributed by atoms with Crippen LogP contribution in [0.3, 0.4) is 0 Å². The lowest BCUT2D eigenvalue weighted by molar-refractivity contribution is -0.139. The molecule has 0 aromatic heterocycles. The van der Waals surface area contributed by atoms with E-state index in [9.17, 15) is 14.4 Å². The molecule has 1 saturated heterocycles. The predicted octanol–water partition coefficient (Wildman–Crippen LogP) is 2.58. The zero-order chi connectivity index (χ0) is 20.7. The van der Waals surface area contributed by atoms with Crippen LogP contribution in [-0.4, -0.2) is 66.0 Å². The number of hydrogen-bond donors (Lipinski definition) is 1. The summed E-state index contributed by atoms with van der Waals surface area (Å²) in [5.41, 5.74) is 0.513. The quantitative estimate of drug-likeness (QED) is 0.742. The number of carbonyl (C=O) groups is 3. The lowest BCUT2D eigenvalue weighted by Crippen LogP contribution is -2.52. The van der Waals surface area contributed by atoms with Gasteiger partial charge in [-0.1, -0.05) is 28.1 Å². The molecular formula is C20H28BrN3O4. The summed E-state index contributed by atoms with van der Waals surface area (Å²) in [6, 6.07) is 7.94. The smallest absolute Gasteiger partial charge is 0.408 e. The van der Waals surface area contributed by atoms with Crippen molar-refractivity contribution in [1.82, 2.24) is 15.1 Å². The van der Waals surface area contributed by atoms with Gasteiger partial charge in [0, 0.05) is 37.1 Å². The number of alkyl carbamates (subject to hydrolysis) is 1. The highest BCUT2D eigenvalue weighted by Gasteiger charge is 2.24. The molecule has 1 aliphatic rings. The fourth-order valence-electron chi connectivity index (χ4n) is 2.88. The van der Waals surface area contributed by atoms with E-state index in [4.69, 9.17) is 4.74 Å². The lowest BCUT2D eigenvalue weighted by Gasteiger charge is -2.35. The molecule has 1 heterocycles. The molecule has 0 spiro atoms. The third-order valence-electron chi connectivity index (χ3n) is 4.28. The number of ether oxygens (including phenoxy) is 1. The Morgan fingerprint density at radius 3 is 2.25 bits per heavy atom. The first-order chi connectivity index (χ1) is 13.1. The van der Waals surface area contributed by atoms with Crippen molar-refractivity contribution in [2.75, 3.05) is 32.7 Å². The van der Waals surface area contributed by atoms with E-state index in [-0.39, 0.29) is 18.4 Å². The summed E-state index contributed by atoms with van der Waals surface area (Å²) in [6.07, 6.45) is 0.532. The van der Waals surface area contributed by atoms with Crippen LogP contribution in [0.4, 0.5) is 4.79 Å². The Bertz CT molecular complexity index is 710. The molecule has 154 valence electrons. The molecule has 2 rings (SSSR count). The van der Waals surface area contributed by atoms with Gasteiger partial charge in [-0.05, 0) is 44.9 Å². The number of nitrogens with one attached hydrogen (secondary N) is 1. The fraction of sp³-hybridized carbons (Fsp3) is 0.550. The summed E-state index contributed by atoms with van der Waals surface area (Å²) >= 11 is 3.43. The summed E-state index contributed by atoms with van der Waals surface area (Å²) in [7, 11) is 0. The Kier molecular flexibility index (Phi) is 7.86. The van der Waals surface area contributed by atoms with E-state index in [0.29, 0.717) is 39.0 Å². The van der Waals surface area contributed by atoms with Crippen LogP contribution in [0.5, 0.6) is 0 Å². The van der Waals surface area contributed by atoms with E-state index in [1.54, 1.807) is 30.6 Å². The summed E-state index contributed by atoms with van der Waals surface area (Å²) in [6.45, 7) is 7.15. The van der Waals surface area contributed by atoms with E-state index in [1.807, 2.05) is 24.3 Å². The largest absolute Gasteiger partial charge is 0.444 e. The SMILES string of the molecule is CC(C)(C)OC(=O)NCC(=O)N1CCN(C(=O)CCc2cccc(Br)c2)CC1. The Labute approximate surface area is 174 Å². The summed E-state index contributed by atoms with van der Waals surface area (Å²) < 4.78 is 6.12. The van der Waals surface area contributed by atoms with E-state index in [0.717, 1.165) is 10.0 Å². The van der Waals surface area contributed by atoms with Gasteiger partial charge in [0.2, 0.25) is 11.8 Å². The first-order valence-electron chi connectivity index (χ1n) is 9.41. The maximum Gasteiger partial charge on any atom is 0.408 e. The zero-order valence-corrected chi connectivity index (χ0v) is 18.3. The molecule has 0 atom stereocenters. The minimum Gasteiger partial charge on any atom is -0.444 e. The number of hydrogen-bond acceptors (Lipinski definition) is 4. The Hall–Kier alpha value is -2.09. The molecule has 1 aromatic carbocycles. The van der Waals surface area contributed by atoms with Crippen molar-refractivity contribution in [2.45, 2.75) is 39.2 Å². The number of benzene rings is 1. The number of rotatable bonds is 5. The lowest BCUT2D eigenvalue weighted by atomic mass is 10.1. The molecule has 1 N–H and O–H groups in total. The number of nitrogens with zero attached hydrogens (tertiary/aromatic N) is 2. The van der Waals surface area contributed by atoms with Gasteiger partial charge in [0.1, 0.15) is 12.1 Å². The predicted molar refractivity (Wildman–Crippen MR) is 110 cm³/mol. The number of amides is 3. The van der Waals surface area contributed by atoms with Crippen molar-refractivity contribution in [1.29, 1.82) is 0 Å². The zero-order valence-electron chi connectivity index (χ0n) is 16.7. The maximum absolute atomic E-state index is 12.4. The standard InChI is InChI=1S/C20H28BrN3O4/c1-20(2,3)28-19(27)22-14-18(26)24-11-9-23(10-12-24)17(25)8-7-15-5-4-6-16(21)13-15/h4-6,13H,7-12,14H2,1-3H3,(H,22,27). The molecule has 0 bridgehead atoms. The summed E-state index contributed by atoms with van der Waals surface area (Å²) in [5.74, 6) is -0.0777. The minimum atomic E-state index is -0.609. The van der Waals surface area contributed by atoms with Gasteiger partial charge in [0.25, 0.3) is 0 Å². The first kappa shape index (κ1) is 22.2. The van der Waals surface area contributed by atoms with E-state index in [1.165, 1.54) is 0 Å². The van der Waals surface area contributed by atoms with Crippen LogP contribution in [-0.2, 0) is 20.7 Å². The average Bonchev–Trinajstić information content (AvgIpc) is 2.63. The number of carbonyl (C=O) groups excluding carboxylic acids is 3. The van der Waals surface area contributed by atoms with Crippen LogP contribution < -0.4 is 5.32 Å². The highest BCUT2D eigenvalue weighted by molar-refractivity contribution is 9.10. The van der Waals surface area contributed by atoms with Crippen molar-refractivity contribution in [3.8, 4) is 0 Å². The van der Waals surface area contributed by atoms with Gasteiger partial charge >= 0.3 is 6.09 Å². The third-order valence-corrected chi connectivity index (χ3v) is 4.78. The number of halogens is 1. The Morgan fingerprint density at radius 2 is 1.68 bits per heavy atom. The number of aryl methyl sites for hydroxylation is 1. The van der Waals surface area contributed by atoms with Crippen LogP contribution in [0, 0.1) is 0 Å². The second kappa shape index (κ2) is 9.91. The van der Waals surface area contributed by atoms with Gasteiger partial charge in [0.05, 0.1) is 0 Å². The van der Waals surface area contributed by atoms with Gasteiger partial charge in [-0.15, -0.1) is 0 Å². The fourth-order valence-corrected chi connectivity index (χ4v) is 3.33. The molecule has 7 nitrogen and oxygen atoms in total. The van der Waals surface area contributed by atoms with Crippen LogP contribution in [0.1, 0.15) is 32.8 Å². The Balaban J connectivity index is 1.70. The van der Waals surface area contributed by atoms with Gasteiger partial charge in [0.15, 0.2) is 0 Å². The minimum absolute atomic E-state index is 0.0963. The van der Waals surface area contributed by atoms with Crippen LogP contribution in [0.25, 0.3) is 0 Å². The number of piperazine rings is 1. The molecule has 0 saturated carbocycles. The third kappa shape index (κ3) is 7.50. The molecule has 1 fully saturated rings. The maximum atomic E-state index is 12.4. The van der Waals surface area contributed by atoms with E-state index < -0.39 is 11.7 Å². The normalized spacial score (nSPS) is 14.6. The van der Waals surface area contributed by atoms with Crippen LogP contribution in [0.15, 0.2) is 28.7 Å². The molecule has 8 heteroatoms. The van der Waals surface area contributed by atoms with Gasteiger partial charge in [-0.3, -0.25) is 9.59 Å². The molecule has 0 unspecified atom stereocenters. The van der Waals surface area contributed by atoms with Crippen molar-refractivity contribution in [2.24, 2.45) is 0 Å². The molecule has 1 aliphatic heterocycles. The molecule has 3 amide bonds. The second-order valence-electron chi connectivity index (χ2n) is 7.75. The van der Waals surface area contributed by atoms with E-state index in [2.05, 4.69) is 21.2 Å². The molecule has 28 heavy (non-hydrogen) atoms. The van der Waals surface area contributed by atoms with Crippen molar-refractivity contribution >= 4 is 33.8 Å². The highest BCUT2D eigenvalue weighted by atomic mass is 79.9. The monoisotopic (exact) mass is 453 g/mol.